The predicted molar refractivity (Wildman–Crippen MR) is 265 cm³/mol. The SMILES string of the molecule is CC(C)(C)C(NC(=O)c1cc2cc(C(F)(F)P(=O)(O)O)ccc2s1)C(=O)N1C[C@@H](NC(=O)CCCCCC#Cc2ccc3c(c2)CN(C2CCC(=O)NC2=O)C3=O)C[C@H]1C(=O)N1CCO[C@H](c2ccccc2)C1. The first kappa shape index (κ1) is 52.9. The number of amides is 7. The van der Waals surface area contributed by atoms with Crippen LogP contribution in [0.2, 0.25) is 0 Å². The van der Waals surface area contributed by atoms with Crippen LogP contribution in [0.15, 0.2) is 72.8 Å². The number of imide groups is 1. The molecule has 4 aliphatic heterocycles. The summed E-state index contributed by atoms with van der Waals surface area (Å²) in [6.45, 7) is 6.24. The summed E-state index contributed by atoms with van der Waals surface area (Å²) in [7, 11) is -5.85. The predicted octanol–water partition coefficient (Wildman–Crippen LogP) is 5.72. The van der Waals surface area contributed by atoms with E-state index in [0.29, 0.717) is 35.9 Å². The van der Waals surface area contributed by atoms with E-state index in [1.54, 1.807) is 37.8 Å². The third-order valence-electron chi connectivity index (χ3n) is 13.6. The Morgan fingerprint density at radius 2 is 1.74 bits per heavy atom. The van der Waals surface area contributed by atoms with Crippen LogP contribution < -0.4 is 16.0 Å². The van der Waals surface area contributed by atoms with Crippen LogP contribution >= 0.6 is 18.9 Å². The summed E-state index contributed by atoms with van der Waals surface area (Å²) in [5.41, 5.74) is -3.40. The van der Waals surface area contributed by atoms with Crippen LogP contribution in [-0.2, 0) is 45.5 Å². The number of likely N-dealkylation sites (tertiary alicyclic amines) is 1. The molecular formula is C52H57F2N6O11PS. The number of thiophene rings is 1. The van der Waals surface area contributed by atoms with Crippen LogP contribution in [0.4, 0.5) is 8.78 Å². The minimum atomic E-state index is -5.85. The summed E-state index contributed by atoms with van der Waals surface area (Å²) in [6, 6.07) is 15.6. The number of hydrogen-bond donors (Lipinski definition) is 5. The molecular weight excluding hydrogens is 986 g/mol. The van der Waals surface area contributed by atoms with Crippen molar-refractivity contribution in [2.75, 3.05) is 26.2 Å². The summed E-state index contributed by atoms with van der Waals surface area (Å²) in [6.07, 6.45) is 2.89. The zero-order chi connectivity index (χ0) is 52.4. The highest BCUT2D eigenvalue weighted by molar-refractivity contribution is 7.52. The van der Waals surface area contributed by atoms with Gasteiger partial charge in [0, 0.05) is 66.3 Å². The molecule has 2 unspecified atom stereocenters. The molecule has 4 aliphatic rings. The molecule has 3 fully saturated rings. The van der Waals surface area contributed by atoms with Gasteiger partial charge in [0.2, 0.25) is 29.5 Å². The molecule has 5 N–H and O–H groups in total. The quantitative estimate of drug-likeness (QED) is 0.0444. The van der Waals surface area contributed by atoms with Gasteiger partial charge in [-0.3, -0.25) is 43.4 Å². The molecule has 8 rings (SSSR count). The van der Waals surface area contributed by atoms with Gasteiger partial charge >= 0.3 is 13.3 Å². The Bertz CT molecular complexity index is 2950. The topological polar surface area (TPSA) is 232 Å². The normalized spacial score (nSPS) is 20.8. The van der Waals surface area contributed by atoms with E-state index in [2.05, 4.69) is 27.8 Å². The number of fused-ring (bicyclic) bond motifs is 2. The molecule has 386 valence electrons. The number of carbonyl (C=O) groups excluding carboxylic acids is 7. The molecule has 0 aliphatic carbocycles. The zero-order valence-corrected chi connectivity index (χ0v) is 42.2. The van der Waals surface area contributed by atoms with Crippen LogP contribution in [0.25, 0.3) is 10.1 Å². The van der Waals surface area contributed by atoms with Gasteiger partial charge in [-0.15, -0.1) is 11.3 Å². The van der Waals surface area contributed by atoms with E-state index in [0.717, 1.165) is 40.2 Å². The Labute approximate surface area is 424 Å². The summed E-state index contributed by atoms with van der Waals surface area (Å²) in [5, 5.41) is 8.31. The van der Waals surface area contributed by atoms with Gasteiger partial charge in [-0.05, 0) is 84.0 Å². The van der Waals surface area contributed by atoms with E-state index in [1.165, 1.54) is 21.9 Å². The van der Waals surface area contributed by atoms with Gasteiger partial charge in [0.25, 0.3) is 11.8 Å². The average molecular weight is 1040 g/mol. The van der Waals surface area contributed by atoms with Crippen molar-refractivity contribution in [3.8, 4) is 11.8 Å². The fourth-order valence-electron chi connectivity index (χ4n) is 9.67. The molecule has 1 aromatic heterocycles. The second-order valence-electron chi connectivity index (χ2n) is 19.9. The molecule has 4 aromatic rings. The van der Waals surface area contributed by atoms with E-state index < -0.39 is 72.2 Å². The number of piperidine rings is 1. The number of benzene rings is 3. The maximum absolute atomic E-state index is 14.8. The lowest BCUT2D eigenvalue weighted by Gasteiger charge is -2.38. The standard InChI is InChI=1S/C52H57F2N6O11PS/c1-51(2,3)45(57-47(64)42-26-33-25-35(17-20-41(33)73-42)52(53,54)72(68,69)70)50(67)60-29-36(27-39(60)49(66)58-22-23-71-40(30-58)32-13-9-7-10-14-32)55-43(61)15-11-6-4-5-8-12-31-16-18-37-34(24-31)28-59(48(37)65)38-19-21-44(62)56-46(38)63/h7,9-10,13-14,16-18,20,24-26,36,38-40,45H,4-6,11,15,19,21-23,27-30H2,1-3H3,(H,55,61)(H,57,64)(H,56,62,63)(H2,68,69,70)/t36-,38?,39-,40-,45?/m0/s1. The molecule has 3 aromatic carbocycles. The average Bonchev–Trinajstić information content (AvgIpc) is 4.07. The number of carbonyl (C=O) groups is 7. The van der Waals surface area contributed by atoms with Crippen LogP contribution in [0.5, 0.6) is 0 Å². The molecule has 0 spiro atoms. The fraction of sp³-hybridized carbons (Fsp3) is 0.442. The third kappa shape index (κ3) is 11.9. The summed E-state index contributed by atoms with van der Waals surface area (Å²) >= 11 is 0.947. The first-order valence-corrected chi connectivity index (χ1v) is 26.6. The van der Waals surface area contributed by atoms with Gasteiger partial charge in [-0.2, -0.15) is 8.78 Å². The second kappa shape index (κ2) is 21.6. The minimum Gasteiger partial charge on any atom is -0.370 e. The molecule has 0 radical (unpaired) electrons. The highest BCUT2D eigenvalue weighted by Crippen LogP contribution is 2.59. The monoisotopic (exact) mass is 1040 g/mol. The molecule has 0 saturated carbocycles. The van der Waals surface area contributed by atoms with E-state index in [4.69, 9.17) is 4.74 Å². The minimum absolute atomic E-state index is 0.0171. The Hall–Kier alpha value is -6.36. The van der Waals surface area contributed by atoms with Gasteiger partial charge in [0.05, 0.1) is 18.0 Å². The number of halogens is 2. The molecule has 0 bridgehead atoms. The highest BCUT2D eigenvalue weighted by atomic mass is 32.1. The molecule has 17 nitrogen and oxygen atoms in total. The van der Waals surface area contributed by atoms with Crippen molar-refractivity contribution in [3.63, 3.8) is 0 Å². The fourth-order valence-corrected chi connectivity index (χ4v) is 11.1. The zero-order valence-electron chi connectivity index (χ0n) is 40.5. The van der Waals surface area contributed by atoms with E-state index in [-0.39, 0.29) is 92.4 Å². The van der Waals surface area contributed by atoms with Crippen LogP contribution in [0, 0.1) is 17.3 Å². The van der Waals surface area contributed by atoms with Crippen molar-refractivity contribution in [1.82, 2.24) is 30.7 Å². The second-order valence-corrected chi connectivity index (χ2v) is 22.6. The molecule has 5 atom stereocenters. The summed E-state index contributed by atoms with van der Waals surface area (Å²) < 4.78 is 47.1. The first-order chi connectivity index (χ1) is 34.6. The number of alkyl halides is 2. The first-order valence-electron chi connectivity index (χ1n) is 24.2. The van der Waals surface area contributed by atoms with Gasteiger partial charge in [-0.25, -0.2) is 0 Å². The maximum atomic E-state index is 14.8. The summed E-state index contributed by atoms with van der Waals surface area (Å²) in [4.78, 5) is 117. The summed E-state index contributed by atoms with van der Waals surface area (Å²) in [5.74, 6) is 3.39. The molecule has 3 saturated heterocycles. The van der Waals surface area contributed by atoms with Crippen molar-refractivity contribution in [1.29, 1.82) is 0 Å². The van der Waals surface area contributed by atoms with Crippen molar-refractivity contribution >= 4 is 70.4 Å². The lowest BCUT2D eigenvalue weighted by Crippen LogP contribution is -2.58. The van der Waals surface area contributed by atoms with Gasteiger partial charge in [0.1, 0.15) is 24.2 Å². The smallest absolute Gasteiger partial charge is 0.370 e. The van der Waals surface area contributed by atoms with Crippen molar-refractivity contribution in [3.05, 3.63) is 105 Å². The number of morpholine rings is 1. The Balaban J connectivity index is 0.895. The van der Waals surface area contributed by atoms with Crippen molar-refractivity contribution in [2.45, 2.75) is 115 Å². The highest BCUT2D eigenvalue weighted by Gasteiger charge is 2.51. The number of hydrogen-bond acceptors (Lipinski definition) is 10. The van der Waals surface area contributed by atoms with E-state index in [1.807, 2.05) is 36.4 Å². The molecule has 5 heterocycles. The lowest BCUT2D eigenvalue weighted by atomic mass is 9.85. The molecule has 7 amide bonds. The van der Waals surface area contributed by atoms with E-state index >= 15 is 0 Å². The number of ether oxygens (including phenoxy) is 1. The van der Waals surface area contributed by atoms with Gasteiger partial charge in [-0.1, -0.05) is 75.4 Å². The number of unbranched alkanes of at least 4 members (excludes halogenated alkanes) is 3. The van der Waals surface area contributed by atoms with E-state index in [9.17, 15) is 56.7 Å². The lowest BCUT2D eigenvalue weighted by molar-refractivity contribution is -0.150. The Kier molecular flexibility index (Phi) is 15.7. The Morgan fingerprint density at radius 3 is 2.47 bits per heavy atom. The maximum Gasteiger partial charge on any atom is 0.399 e. The molecule has 21 heteroatoms. The van der Waals surface area contributed by atoms with Crippen molar-refractivity contribution < 1.29 is 61.4 Å². The van der Waals surface area contributed by atoms with Crippen molar-refractivity contribution in [2.24, 2.45) is 5.41 Å². The number of nitrogens with zero attached hydrogens (tertiary/aromatic N) is 3. The van der Waals surface area contributed by atoms with Gasteiger partial charge in [0.15, 0.2) is 0 Å². The van der Waals surface area contributed by atoms with Gasteiger partial charge < -0.3 is 39.9 Å². The third-order valence-corrected chi connectivity index (χ3v) is 15.7. The number of rotatable bonds is 14. The van der Waals surface area contributed by atoms with Crippen LogP contribution in [0.3, 0.4) is 0 Å². The Morgan fingerprint density at radius 1 is 0.973 bits per heavy atom. The largest absolute Gasteiger partial charge is 0.399 e. The van der Waals surface area contributed by atoms with Crippen LogP contribution in [-0.4, -0.2) is 116 Å². The van der Waals surface area contributed by atoms with Crippen LogP contribution in [0.1, 0.15) is 121 Å². The molecule has 73 heavy (non-hydrogen) atoms. The number of nitrogens with one attached hydrogen (secondary N) is 3.